The van der Waals surface area contributed by atoms with E-state index in [0.717, 1.165) is 77.0 Å². The molecule has 8 aliphatic rings. The van der Waals surface area contributed by atoms with E-state index < -0.39 is 69.3 Å². The van der Waals surface area contributed by atoms with Gasteiger partial charge in [-0.2, -0.15) is 17.2 Å². The Bertz CT molecular complexity index is 1080. The molecule has 12 heteroatoms. The fourth-order valence-electron chi connectivity index (χ4n) is 10.0. The minimum atomic E-state index is -5.83. The third-order valence-electron chi connectivity index (χ3n) is 11.2. The zero-order valence-electron chi connectivity index (χ0n) is 23.4. The molecule has 0 heterocycles. The van der Waals surface area contributed by atoms with Crippen LogP contribution in [0.4, 0.5) is 8.78 Å². The van der Waals surface area contributed by atoms with Gasteiger partial charge in [-0.05, 0) is 119 Å². The van der Waals surface area contributed by atoms with E-state index in [2.05, 4.69) is 4.74 Å². The molecule has 8 fully saturated rings. The molecule has 0 radical (unpaired) electrons. The van der Waals surface area contributed by atoms with E-state index in [0.29, 0.717) is 35.5 Å². The quantitative estimate of drug-likeness (QED) is 0.217. The summed E-state index contributed by atoms with van der Waals surface area (Å²) in [4.78, 5) is 40.1. The van der Waals surface area contributed by atoms with Crippen LogP contribution in [0.3, 0.4) is 0 Å². The molecule has 8 aliphatic carbocycles. The Balaban J connectivity index is 1.15. The molecule has 0 saturated heterocycles. The second-order valence-corrected chi connectivity index (χ2v) is 16.3. The largest absolute Gasteiger partial charge is 0.464 e. The summed E-state index contributed by atoms with van der Waals surface area (Å²) in [5.41, 5.74) is -3.12. The highest BCUT2D eigenvalue weighted by Gasteiger charge is 2.58. The van der Waals surface area contributed by atoms with Crippen LogP contribution in [0.1, 0.15) is 84.0 Å². The lowest BCUT2D eigenvalue weighted by molar-refractivity contribution is -0.188. The summed E-state index contributed by atoms with van der Waals surface area (Å²) in [6.07, 6.45) is 11.0. The number of rotatable bonds is 10. The van der Waals surface area contributed by atoms with Crippen molar-refractivity contribution in [3.05, 3.63) is 0 Å². The summed E-state index contributed by atoms with van der Waals surface area (Å²) < 4.78 is 74.7. The number of halogens is 2. The van der Waals surface area contributed by atoms with Gasteiger partial charge in [-0.25, -0.2) is 0 Å². The van der Waals surface area contributed by atoms with Gasteiger partial charge in [0.1, 0.15) is 18.6 Å². The first-order valence-electron chi connectivity index (χ1n) is 15.0. The molecule has 0 aromatic heterocycles. The first-order chi connectivity index (χ1) is 19.1. The van der Waals surface area contributed by atoms with Crippen molar-refractivity contribution in [3.8, 4) is 0 Å². The van der Waals surface area contributed by atoms with Crippen LogP contribution >= 0.6 is 0 Å². The minimum absolute atomic E-state index is 0.439. The smallest absolute Gasteiger partial charge is 0.402 e. The zero-order chi connectivity index (χ0) is 29.4. The summed E-state index contributed by atoms with van der Waals surface area (Å²) >= 11 is 0. The normalized spacial score (nSPS) is 40.2. The molecule has 1 N–H and O–H groups in total. The second-order valence-electron chi connectivity index (χ2n) is 14.8. The molecule has 0 amide bonds. The number of carbonyl (C=O) groups excluding carboxylic acids is 3. The van der Waals surface area contributed by atoms with Crippen LogP contribution in [-0.4, -0.2) is 56.0 Å². The average molecular weight is 603 g/mol. The van der Waals surface area contributed by atoms with E-state index in [1.165, 1.54) is 6.92 Å². The molecule has 8 rings (SSSR count). The van der Waals surface area contributed by atoms with Gasteiger partial charge in [0.2, 0.25) is 0 Å². The second kappa shape index (κ2) is 9.86. The van der Waals surface area contributed by atoms with Gasteiger partial charge in [-0.3, -0.25) is 18.9 Å². The number of hydrogen-bond acceptors (Lipinski definition) is 8. The van der Waals surface area contributed by atoms with Gasteiger partial charge in [0.05, 0.1) is 10.8 Å². The van der Waals surface area contributed by atoms with Gasteiger partial charge in [-0.15, -0.1) is 0 Å². The molecule has 9 nitrogen and oxygen atoms in total. The monoisotopic (exact) mass is 602 g/mol. The van der Waals surface area contributed by atoms with Gasteiger partial charge >= 0.3 is 33.3 Å². The number of ether oxygens (including phenoxy) is 3. The average Bonchev–Trinajstić information content (AvgIpc) is 2.86. The predicted octanol–water partition coefficient (Wildman–Crippen LogP) is 4.54. The van der Waals surface area contributed by atoms with Crippen molar-refractivity contribution in [2.75, 3.05) is 19.8 Å². The lowest BCUT2D eigenvalue weighted by Gasteiger charge is -2.55. The van der Waals surface area contributed by atoms with Crippen LogP contribution in [0.5, 0.6) is 0 Å². The van der Waals surface area contributed by atoms with Gasteiger partial charge in [0.25, 0.3) is 0 Å². The molecule has 41 heavy (non-hydrogen) atoms. The molecule has 0 spiro atoms. The Morgan fingerprint density at radius 2 is 1.00 bits per heavy atom. The highest BCUT2D eigenvalue weighted by atomic mass is 32.2. The maximum atomic E-state index is 13.9. The van der Waals surface area contributed by atoms with E-state index in [-0.39, 0.29) is 0 Å². The van der Waals surface area contributed by atoms with Gasteiger partial charge < -0.3 is 14.2 Å². The topological polar surface area (TPSA) is 133 Å². The van der Waals surface area contributed by atoms with Crippen LogP contribution in [-0.2, 0) is 38.7 Å². The number of alkyl halides is 2. The van der Waals surface area contributed by atoms with Gasteiger partial charge in [0.15, 0.2) is 6.61 Å². The summed E-state index contributed by atoms with van der Waals surface area (Å²) in [5.74, 6) is 0.615. The van der Waals surface area contributed by atoms with E-state index >= 15 is 0 Å². The molecule has 8 saturated carbocycles. The first kappa shape index (κ1) is 29.3. The van der Waals surface area contributed by atoms with Crippen molar-refractivity contribution in [2.24, 2.45) is 51.8 Å². The minimum Gasteiger partial charge on any atom is -0.464 e. The number of esters is 3. The molecule has 0 aliphatic heterocycles. The van der Waals surface area contributed by atoms with Crippen LogP contribution < -0.4 is 0 Å². The molecule has 230 valence electrons. The lowest BCUT2D eigenvalue weighted by Crippen LogP contribution is -2.52. The van der Waals surface area contributed by atoms with Crippen LogP contribution in [0, 0.1) is 51.8 Å². The van der Waals surface area contributed by atoms with Crippen molar-refractivity contribution in [2.45, 2.75) is 89.2 Å². The fraction of sp³-hybridized carbons (Fsp3) is 0.897. The summed E-state index contributed by atoms with van der Waals surface area (Å²) in [6, 6.07) is 0. The highest BCUT2D eigenvalue weighted by molar-refractivity contribution is 7.86. The molecule has 0 atom stereocenters. The number of carbonyl (C=O) groups is 3. The van der Waals surface area contributed by atoms with E-state index in [4.69, 9.17) is 14.0 Å². The molecular formula is C29H40F2O9S. The first-order valence-corrected chi connectivity index (χ1v) is 16.4. The molecule has 0 aromatic rings. The third kappa shape index (κ3) is 5.29. The molecule has 0 aromatic carbocycles. The lowest BCUT2D eigenvalue weighted by atomic mass is 9.49. The summed E-state index contributed by atoms with van der Waals surface area (Å²) in [5, 5.41) is -4.73. The van der Waals surface area contributed by atoms with Crippen LogP contribution in [0.2, 0.25) is 0 Å². The maximum Gasteiger partial charge on any atom is 0.402 e. The van der Waals surface area contributed by atoms with Gasteiger partial charge in [0, 0.05) is 0 Å². The standard InChI is InChI=1S/C29H40F2O9S/c1-26(23(32)40-16-29(30,31)41(35,36)37,14-38-24(33)27-8-17-2-18(9-27)4-19(3-17)10-27)15-39-25(34)28-11-20-5-21(12-28)7-22(6-20)13-28/h17-22H,2-16H2,1H3,(H,35,36,37). The predicted molar refractivity (Wildman–Crippen MR) is 139 cm³/mol. The SMILES string of the molecule is CC(COC(=O)C12CC3CC(CC(C3)C1)C2)(COC(=O)C12CC3CC(CC(C3)C1)C2)C(=O)OCC(F)(F)S(=O)(=O)O. The molecule has 8 bridgehead atoms. The van der Waals surface area contributed by atoms with Crippen LogP contribution in [0.15, 0.2) is 0 Å². The Morgan fingerprint density at radius 3 is 1.29 bits per heavy atom. The Labute approximate surface area is 239 Å². The van der Waals surface area contributed by atoms with Crippen molar-refractivity contribution >= 4 is 28.0 Å². The summed E-state index contributed by atoms with van der Waals surface area (Å²) in [6.45, 7) is -1.77. The van der Waals surface area contributed by atoms with E-state index in [1.807, 2.05) is 0 Å². The Kier molecular flexibility index (Phi) is 7.03. The van der Waals surface area contributed by atoms with E-state index in [1.54, 1.807) is 0 Å². The number of hydrogen-bond donors (Lipinski definition) is 1. The van der Waals surface area contributed by atoms with Crippen LogP contribution in [0.25, 0.3) is 0 Å². The zero-order valence-corrected chi connectivity index (χ0v) is 24.3. The third-order valence-corrected chi connectivity index (χ3v) is 12.1. The van der Waals surface area contributed by atoms with Crippen molar-refractivity contribution < 1.29 is 50.3 Å². The maximum absolute atomic E-state index is 13.9. The van der Waals surface area contributed by atoms with Crippen molar-refractivity contribution in [1.82, 2.24) is 0 Å². The summed E-state index contributed by atoms with van der Waals surface area (Å²) in [7, 11) is -5.83. The fourth-order valence-corrected chi connectivity index (χ4v) is 10.2. The molecular weight excluding hydrogens is 562 g/mol. The van der Waals surface area contributed by atoms with E-state index in [9.17, 15) is 31.6 Å². The van der Waals surface area contributed by atoms with Crippen molar-refractivity contribution in [1.29, 1.82) is 0 Å². The Morgan fingerprint density at radius 1 is 0.683 bits per heavy atom. The van der Waals surface area contributed by atoms with Gasteiger partial charge in [-0.1, -0.05) is 0 Å². The highest BCUT2D eigenvalue weighted by Crippen LogP contribution is 2.61. The van der Waals surface area contributed by atoms with Crippen molar-refractivity contribution in [3.63, 3.8) is 0 Å². The Hall–Kier alpha value is -1.82. The molecule has 0 unspecified atom stereocenters.